The summed E-state index contributed by atoms with van der Waals surface area (Å²) in [7, 11) is 0. The van der Waals surface area contributed by atoms with Gasteiger partial charge in [-0.25, -0.2) is 4.39 Å². The second-order valence-corrected chi connectivity index (χ2v) is 2.52. The number of hydrogen-bond acceptors (Lipinski definition) is 2. The quantitative estimate of drug-likeness (QED) is 0.554. The summed E-state index contributed by atoms with van der Waals surface area (Å²) in [5, 5.41) is 8.96. The van der Waals surface area contributed by atoms with Crippen molar-refractivity contribution < 1.29 is 9.50 Å². The van der Waals surface area contributed by atoms with E-state index >= 15 is 0 Å². The Balaban J connectivity index is 3.34. The lowest BCUT2D eigenvalue weighted by Crippen LogP contribution is -1.81. The summed E-state index contributed by atoms with van der Waals surface area (Å²) in [5.41, 5.74) is 0.475. The molecule has 0 aromatic heterocycles. The van der Waals surface area contributed by atoms with Crippen LogP contribution in [-0.4, -0.2) is 5.11 Å². The molecule has 0 saturated heterocycles. The predicted octanol–water partition coefficient (Wildman–Crippen LogP) is 2.13. The van der Waals surface area contributed by atoms with Gasteiger partial charge in [0.25, 0.3) is 0 Å². The topological polar surface area (TPSA) is 20.2 Å². The van der Waals surface area contributed by atoms with E-state index in [1.54, 1.807) is 6.92 Å². The molecule has 0 aliphatic rings. The number of phenolic OH excluding ortho intramolecular Hbond substituents is 1. The van der Waals surface area contributed by atoms with Gasteiger partial charge in [0.05, 0.1) is 0 Å². The van der Waals surface area contributed by atoms with Gasteiger partial charge in [-0.1, -0.05) is 0 Å². The third-order valence-corrected chi connectivity index (χ3v) is 1.84. The van der Waals surface area contributed by atoms with Crippen LogP contribution in [0.2, 0.25) is 0 Å². The summed E-state index contributed by atoms with van der Waals surface area (Å²) in [4.78, 5) is 0.596. The molecule has 0 atom stereocenters. The molecule has 0 bridgehead atoms. The van der Waals surface area contributed by atoms with Crippen LogP contribution in [-0.2, 0) is 0 Å². The molecule has 10 heavy (non-hydrogen) atoms. The highest BCUT2D eigenvalue weighted by molar-refractivity contribution is 7.80. The van der Waals surface area contributed by atoms with Gasteiger partial charge in [-0.15, -0.1) is 12.6 Å². The van der Waals surface area contributed by atoms with Gasteiger partial charge >= 0.3 is 0 Å². The van der Waals surface area contributed by atoms with Crippen LogP contribution in [0.25, 0.3) is 0 Å². The lowest BCUT2D eigenvalue weighted by molar-refractivity contribution is 0.426. The molecule has 1 aromatic carbocycles. The highest BCUT2D eigenvalue weighted by Crippen LogP contribution is 2.25. The molecule has 0 saturated carbocycles. The number of benzene rings is 1. The van der Waals surface area contributed by atoms with Crippen molar-refractivity contribution in [2.45, 2.75) is 11.8 Å². The molecule has 1 nitrogen and oxygen atoms in total. The van der Waals surface area contributed by atoms with Crippen LogP contribution in [0.5, 0.6) is 5.75 Å². The van der Waals surface area contributed by atoms with Crippen molar-refractivity contribution in [2.75, 3.05) is 0 Å². The minimum Gasteiger partial charge on any atom is -0.505 e. The first kappa shape index (κ1) is 7.41. The van der Waals surface area contributed by atoms with Crippen molar-refractivity contribution in [3.63, 3.8) is 0 Å². The largest absolute Gasteiger partial charge is 0.505 e. The monoisotopic (exact) mass is 158 g/mol. The normalized spacial score (nSPS) is 9.90. The van der Waals surface area contributed by atoms with Crippen molar-refractivity contribution in [3.05, 3.63) is 23.5 Å². The Labute approximate surface area is 63.9 Å². The maximum Gasteiger partial charge on any atom is 0.165 e. The predicted molar refractivity (Wildman–Crippen MR) is 40.1 cm³/mol. The van der Waals surface area contributed by atoms with Crippen molar-refractivity contribution in [2.24, 2.45) is 0 Å². The average Bonchev–Trinajstić information content (AvgIpc) is 1.93. The van der Waals surface area contributed by atoms with Gasteiger partial charge in [-0.3, -0.25) is 0 Å². The van der Waals surface area contributed by atoms with Crippen LogP contribution < -0.4 is 0 Å². The summed E-state index contributed by atoms with van der Waals surface area (Å²) in [6, 6.07) is 2.69. The van der Waals surface area contributed by atoms with E-state index in [1.165, 1.54) is 12.1 Å². The van der Waals surface area contributed by atoms with Gasteiger partial charge < -0.3 is 5.11 Å². The fourth-order valence-electron chi connectivity index (χ4n) is 0.656. The molecule has 1 N–H and O–H groups in total. The van der Waals surface area contributed by atoms with E-state index in [9.17, 15) is 4.39 Å². The zero-order valence-corrected chi connectivity index (χ0v) is 6.32. The molecule has 54 valence electrons. The first-order valence-corrected chi connectivity index (χ1v) is 3.24. The van der Waals surface area contributed by atoms with Crippen molar-refractivity contribution in [3.8, 4) is 5.75 Å². The van der Waals surface area contributed by atoms with Gasteiger partial charge in [0.15, 0.2) is 11.6 Å². The van der Waals surface area contributed by atoms with E-state index in [1.807, 2.05) is 0 Å². The summed E-state index contributed by atoms with van der Waals surface area (Å²) in [6.07, 6.45) is 0. The molecule has 0 spiro atoms. The fourth-order valence-corrected chi connectivity index (χ4v) is 0.837. The van der Waals surface area contributed by atoms with Gasteiger partial charge in [-0.2, -0.15) is 0 Å². The van der Waals surface area contributed by atoms with Gasteiger partial charge in [0, 0.05) is 10.5 Å². The summed E-state index contributed by atoms with van der Waals surface area (Å²) < 4.78 is 12.5. The minimum absolute atomic E-state index is 0.312. The smallest absolute Gasteiger partial charge is 0.165 e. The maximum atomic E-state index is 12.5. The van der Waals surface area contributed by atoms with E-state index in [2.05, 4.69) is 12.6 Å². The SMILES string of the molecule is Cc1c(S)ccc(F)c1O. The molecule has 1 rings (SSSR count). The van der Waals surface area contributed by atoms with Crippen LogP contribution in [0.3, 0.4) is 0 Å². The van der Waals surface area contributed by atoms with Crippen LogP contribution >= 0.6 is 12.6 Å². The Morgan fingerprint density at radius 2 is 2.10 bits per heavy atom. The molecule has 0 amide bonds. The number of hydrogen-bond donors (Lipinski definition) is 2. The second-order valence-electron chi connectivity index (χ2n) is 2.04. The van der Waals surface area contributed by atoms with Crippen LogP contribution in [0.4, 0.5) is 4.39 Å². The van der Waals surface area contributed by atoms with Crippen molar-refractivity contribution in [1.29, 1.82) is 0 Å². The first-order valence-electron chi connectivity index (χ1n) is 2.80. The molecular formula is C7H7FOS. The lowest BCUT2D eigenvalue weighted by atomic mass is 10.2. The Morgan fingerprint density at radius 3 is 2.60 bits per heavy atom. The molecule has 0 heterocycles. The van der Waals surface area contributed by atoms with Crippen molar-refractivity contribution >= 4 is 12.6 Å². The number of rotatable bonds is 0. The average molecular weight is 158 g/mol. The van der Waals surface area contributed by atoms with Gasteiger partial charge in [0.1, 0.15) is 0 Å². The Kier molecular flexibility index (Phi) is 1.85. The minimum atomic E-state index is -0.602. The van der Waals surface area contributed by atoms with E-state index < -0.39 is 5.82 Å². The zero-order valence-electron chi connectivity index (χ0n) is 5.43. The molecule has 0 fully saturated rings. The molecule has 0 radical (unpaired) electrons. The molecule has 0 aliphatic carbocycles. The Bertz CT molecular complexity index is 233. The lowest BCUT2D eigenvalue weighted by Gasteiger charge is -2.01. The highest BCUT2D eigenvalue weighted by atomic mass is 32.1. The van der Waals surface area contributed by atoms with E-state index in [-0.39, 0.29) is 5.75 Å². The number of halogens is 1. The van der Waals surface area contributed by atoms with E-state index in [0.29, 0.717) is 10.5 Å². The third kappa shape index (κ3) is 1.09. The van der Waals surface area contributed by atoms with Gasteiger partial charge in [0.2, 0.25) is 0 Å². The number of phenols is 1. The van der Waals surface area contributed by atoms with Gasteiger partial charge in [-0.05, 0) is 19.1 Å². The number of aromatic hydroxyl groups is 1. The number of thiol groups is 1. The Hall–Kier alpha value is -0.700. The summed E-state index contributed by atoms with van der Waals surface area (Å²) >= 11 is 3.99. The Morgan fingerprint density at radius 1 is 1.50 bits per heavy atom. The fraction of sp³-hybridized carbons (Fsp3) is 0.143. The van der Waals surface area contributed by atoms with E-state index in [4.69, 9.17) is 5.11 Å². The zero-order chi connectivity index (χ0) is 7.72. The standard InChI is InChI=1S/C7H7FOS/c1-4-6(10)3-2-5(8)7(4)9/h2-3,9-10H,1H3. The molecule has 3 heteroatoms. The molecular weight excluding hydrogens is 151 g/mol. The molecule has 0 aliphatic heterocycles. The third-order valence-electron chi connectivity index (χ3n) is 1.35. The molecule has 0 unspecified atom stereocenters. The highest BCUT2D eigenvalue weighted by Gasteiger charge is 2.04. The van der Waals surface area contributed by atoms with Crippen LogP contribution in [0.15, 0.2) is 17.0 Å². The maximum absolute atomic E-state index is 12.5. The van der Waals surface area contributed by atoms with Crippen molar-refractivity contribution in [1.82, 2.24) is 0 Å². The first-order chi connectivity index (χ1) is 4.63. The van der Waals surface area contributed by atoms with Crippen LogP contribution in [0.1, 0.15) is 5.56 Å². The molecule has 1 aromatic rings. The van der Waals surface area contributed by atoms with Crippen LogP contribution in [0, 0.1) is 12.7 Å². The van der Waals surface area contributed by atoms with E-state index in [0.717, 1.165) is 0 Å². The summed E-state index contributed by atoms with van der Waals surface area (Å²) in [6.45, 7) is 1.61. The summed E-state index contributed by atoms with van der Waals surface area (Å²) in [5.74, 6) is -0.914. The second kappa shape index (κ2) is 2.50.